The molecular formula is C17H16FNO3S. The van der Waals surface area contributed by atoms with E-state index in [0.717, 1.165) is 5.56 Å². The summed E-state index contributed by atoms with van der Waals surface area (Å²) in [5.41, 5.74) is 1.58. The molecule has 6 heteroatoms. The van der Waals surface area contributed by atoms with E-state index in [9.17, 15) is 12.8 Å². The molecule has 0 amide bonds. The Labute approximate surface area is 133 Å². The number of aromatic nitrogens is 1. The molecule has 0 atom stereocenters. The summed E-state index contributed by atoms with van der Waals surface area (Å²) in [6.45, 7) is 1.76. The molecule has 1 heterocycles. The summed E-state index contributed by atoms with van der Waals surface area (Å²) in [6, 6.07) is 9.66. The zero-order valence-corrected chi connectivity index (χ0v) is 13.6. The highest BCUT2D eigenvalue weighted by Gasteiger charge is 2.21. The van der Waals surface area contributed by atoms with Crippen LogP contribution < -0.4 is 4.74 Å². The van der Waals surface area contributed by atoms with E-state index in [2.05, 4.69) is 4.98 Å². The van der Waals surface area contributed by atoms with Gasteiger partial charge in [0.25, 0.3) is 0 Å². The molecule has 0 unspecified atom stereocenters. The number of aromatic amines is 1. The third kappa shape index (κ3) is 2.94. The van der Waals surface area contributed by atoms with Crippen molar-refractivity contribution < 1.29 is 17.5 Å². The van der Waals surface area contributed by atoms with Crippen LogP contribution in [0.15, 0.2) is 47.5 Å². The number of fused-ring (bicyclic) bond motifs is 1. The van der Waals surface area contributed by atoms with Gasteiger partial charge in [-0.15, -0.1) is 0 Å². The fourth-order valence-electron chi connectivity index (χ4n) is 2.51. The first kappa shape index (κ1) is 15.6. The Morgan fingerprint density at radius 2 is 1.96 bits per heavy atom. The van der Waals surface area contributed by atoms with Crippen LogP contribution in [0.4, 0.5) is 4.39 Å². The second kappa shape index (κ2) is 5.70. The summed E-state index contributed by atoms with van der Waals surface area (Å²) in [4.78, 5) is 3.09. The van der Waals surface area contributed by atoms with Crippen molar-refractivity contribution in [3.63, 3.8) is 0 Å². The maximum atomic E-state index is 13.9. The Morgan fingerprint density at radius 3 is 2.65 bits per heavy atom. The van der Waals surface area contributed by atoms with Crippen LogP contribution in [0.2, 0.25) is 0 Å². The van der Waals surface area contributed by atoms with Crippen molar-refractivity contribution in [1.29, 1.82) is 0 Å². The van der Waals surface area contributed by atoms with E-state index >= 15 is 0 Å². The lowest BCUT2D eigenvalue weighted by Crippen LogP contribution is -2.06. The fraction of sp³-hybridized carbons (Fsp3) is 0.176. The normalized spacial score (nSPS) is 11.8. The van der Waals surface area contributed by atoms with Crippen molar-refractivity contribution >= 4 is 20.7 Å². The number of sulfone groups is 1. The number of halogens is 1. The maximum absolute atomic E-state index is 13.9. The molecule has 0 spiro atoms. The van der Waals surface area contributed by atoms with E-state index in [-0.39, 0.29) is 16.2 Å². The molecule has 3 aromatic rings. The number of H-pyrrole nitrogens is 1. The quantitative estimate of drug-likeness (QED) is 0.793. The summed E-state index contributed by atoms with van der Waals surface area (Å²) < 4.78 is 44.4. The van der Waals surface area contributed by atoms with Crippen molar-refractivity contribution in [1.82, 2.24) is 4.98 Å². The molecule has 0 radical (unpaired) electrons. The van der Waals surface area contributed by atoms with Gasteiger partial charge in [-0.3, -0.25) is 0 Å². The lowest BCUT2D eigenvalue weighted by Gasteiger charge is -2.06. The SMILES string of the molecule is COc1ccc2c(S(=O)(=O)Cc3ccc(C)cc3F)c[nH]c2c1. The van der Waals surface area contributed by atoms with E-state index in [1.807, 2.05) is 0 Å². The van der Waals surface area contributed by atoms with Gasteiger partial charge in [0.1, 0.15) is 11.6 Å². The zero-order valence-electron chi connectivity index (χ0n) is 12.8. The number of hydrogen-bond acceptors (Lipinski definition) is 3. The van der Waals surface area contributed by atoms with Gasteiger partial charge in [-0.2, -0.15) is 0 Å². The Bertz CT molecular complexity index is 977. The minimum atomic E-state index is -3.66. The highest BCUT2D eigenvalue weighted by molar-refractivity contribution is 7.90. The topological polar surface area (TPSA) is 59.2 Å². The molecule has 0 bridgehead atoms. The van der Waals surface area contributed by atoms with Gasteiger partial charge >= 0.3 is 0 Å². The van der Waals surface area contributed by atoms with E-state index in [1.165, 1.54) is 18.3 Å². The Kier molecular flexibility index (Phi) is 3.85. The fourth-order valence-corrected chi connectivity index (χ4v) is 4.07. The molecule has 0 fully saturated rings. The van der Waals surface area contributed by atoms with Crippen LogP contribution in [0.1, 0.15) is 11.1 Å². The number of rotatable bonds is 4. The lowest BCUT2D eigenvalue weighted by molar-refractivity contribution is 0.415. The van der Waals surface area contributed by atoms with Gasteiger partial charge < -0.3 is 9.72 Å². The van der Waals surface area contributed by atoms with Gasteiger partial charge in [0.05, 0.1) is 23.3 Å². The van der Waals surface area contributed by atoms with E-state index in [0.29, 0.717) is 16.7 Å². The summed E-state index contributed by atoms with van der Waals surface area (Å²) >= 11 is 0. The van der Waals surface area contributed by atoms with Crippen LogP contribution in [0.25, 0.3) is 10.9 Å². The standard InChI is InChI=1S/C17H16FNO3S/c1-11-3-4-12(15(18)7-11)10-23(20,21)17-9-19-16-8-13(22-2)5-6-14(16)17/h3-9,19H,10H2,1-2H3. The summed E-state index contributed by atoms with van der Waals surface area (Å²) in [5, 5.41) is 0.568. The molecular weight excluding hydrogens is 317 g/mol. The second-order valence-corrected chi connectivity index (χ2v) is 7.38. The van der Waals surface area contributed by atoms with Crippen LogP contribution in [-0.2, 0) is 15.6 Å². The predicted octanol–water partition coefficient (Wildman–Crippen LogP) is 3.60. The predicted molar refractivity (Wildman–Crippen MR) is 86.9 cm³/mol. The van der Waals surface area contributed by atoms with Crippen LogP contribution in [0, 0.1) is 12.7 Å². The van der Waals surface area contributed by atoms with E-state index < -0.39 is 15.7 Å². The molecule has 23 heavy (non-hydrogen) atoms. The van der Waals surface area contributed by atoms with Crippen LogP contribution in [-0.4, -0.2) is 20.5 Å². The Balaban J connectivity index is 2.02. The Hall–Kier alpha value is -2.34. The van der Waals surface area contributed by atoms with Gasteiger partial charge in [-0.1, -0.05) is 12.1 Å². The number of aryl methyl sites for hydroxylation is 1. The highest BCUT2D eigenvalue weighted by atomic mass is 32.2. The van der Waals surface area contributed by atoms with E-state index in [4.69, 9.17) is 4.74 Å². The third-order valence-corrected chi connectivity index (χ3v) is 5.44. The minimum absolute atomic E-state index is 0.162. The third-order valence-electron chi connectivity index (χ3n) is 3.74. The molecule has 0 aliphatic carbocycles. The molecule has 1 N–H and O–H groups in total. The summed E-state index contributed by atoms with van der Waals surface area (Å²) in [7, 11) is -2.12. The summed E-state index contributed by atoms with van der Waals surface area (Å²) in [5.74, 6) is -0.249. The molecule has 120 valence electrons. The van der Waals surface area contributed by atoms with Crippen molar-refractivity contribution in [2.45, 2.75) is 17.6 Å². The Morgan fingerprint density at radius 1 is 1.17 bits per heavy atom. The number of ether oxygens (including phenoxy) is 1. The largest absolute Gasteiger partial charge is 0.497 e. The molecule has 1 aromatic heterocycles. The summed E-state index contributed by atoms with van der Waals surface area (Å²) in [6.07, 6.45) is 1.44. The maximum Gasteiger partial charge on any atom is 0.184 e. The van der Waals surface area contributed by atoms with Crippen molar-refractivity contribution in [2.75, 3.05) is 7.11 Å². The number of nitrogens with one attached hydrogen (secondary N) is 1. The molecule has 0 aliphatic heterocycles. The van der Waals surface area contributed by atoms with Crippen LogP contribution in [0.3, 0.4) is 0 Å². The molecule has 4 nitrogen and oxygen atoms in total. The monoisotopic (exact) mass is 333 g/mol. The molecule has 0 aliphatic rings. The molecule has 0 saturated carbocycles. The van der Waals surface area contributed by atoms with Crippen molar-refractivity contribution in [3.8, 4) is 5.75 Å². The van der Waals surface area contributed by atoms with Crippen molar-refractivity contribution in [2.24, 2.45) is 0 Å². The average molecular weight is 333 g/mol. The first-order chi connectivity index (χ1) is 10.9. The first-order valence-electron chi connectivity index (χ1n) is 7.03. The van der Waals surface area contributed by atoms with Crippen molar-refractivity contribution in [3.05, 3.63) is 59.5 Å². The molecule has 2 aromatic carbocycles. The smallest absolute Gasteiger partial charge is 0.184 e. The van der Waals surface area contributed by atoms with Crippen LogP contribution in [0.5, 0.6) is 5.75 Å². The van der Waals surface area contributed by atoms with Gasteiger partial charge in [-0.25, -0.2) is 12.8 Å². The van der Waals surface area contributed by atoms with Gasteiger partial charge in [-0.05, 0) is 30.7 Å². The van der Waals surface area contributed by atoms with Gasteiger partial charge in [0, 0.05) is 23.2 Å². The highest BCUT2D eigenvalue weighted by Crippen LogP contribution is 2.29. The number of hydrogen-bond donors (Lipinski definition) is 1. The number of benzene rings is 2. The minimum Gasteiger partial charge on any atom is -0.497 e. The van der Waals surface area contributed by atoms with Crippen LogP contribution >= 0.6 is 0 Å². The van der Waals surface area contributed by atoms with E-state index in [1.54, 1.807) is 38.3 Å². The lowest BCUT2D eigenvalue weighted by atomic mass is 10.2. The zero-order chi connectivity index (χ0) is 16.6. The average Bonchev–Trinajstić information content (AvgIpc) is 2.93. The second-order valence-electron chi connectivity index (χ2n) is 5.42. The molecule has 3 rings (SSSR count). The van der Waals surface area contributed by atoms with Gasteiger partial charge in [0.2, 0.25) is 0 Å². The molecule has 0 saturated heterocycles. The first-order valence-corrected chi connectivity index (χ1v) is 8.69. The number of methoxy groups -OCH3 is 1. The van der Waals surface area contributed by atoms with Gasteiger partial charge in [0.15, 0.2) is 9.84 Å².